The average molecular weight is 280 g/mol. The number of hydrogen-bond donors (Lipinski definition) is 1. The van der Waals surface area contributed by atoms with Crippen LogP contribution in [-0.4, -0.2) is 11.0 Å². The largest absolute Gasteiger partial charge is 0.310 e. The predicted octanol–water partition coefficient (Wildman–Crippen LogP) is 3.66. The molecule has 0 fully saturated rings. The molecule has 20 heavy (non-hydrogen) atoms. The Hall–Kier alpha value is -1.88. The molecule has 1 aromatic carbocycles. The van der Waals surface area contributed by atoms with E-state index in [0.29, 0.717) is 18.2 Å². The summed E-state index contributed by atoms with van der Waals surface area (Å²) in [5.74, 6) is -3.86. The van der Waals surface area contributed by atoms with E-state index < -0.39 is 17.5 Å². The average Bonchev–Trinajstić information content (AvgIpc) is 2.43. The van der Waals surface area contributed by atoms with Crippen LogP contribution < -0.4 is 5.32 Å². The van der Waals surface area contributed by atoms with Crippen molar-refractivity contribution in [1.29, 1.82) is 0 Å². The molecular weight excluding hydrogens is 265 g/mol. The summed E-state index contributed by atoms with van der Waals surface area (Å²) in [6, 6.07) is 4.13. The first-order valence-corrected chi connectivity index (χ1v) is 6.30. The van der Waals surface area contributed by atoms with Crippen LogP contribution in [0.2, 0.25) is 0 Å². The summed E-state index contributed by atoms with van der Waals surface area (Å²) < 4.78 is 39.9. The van der Waals surface area contributed by atoms with Gasteiger partial charge in [0.05, 0.1) is 0 Å². The Morgan fingerprint density at radius 2 is 1.85 bits per heavy atom. The first kappa shape index (κ1) is 14.5. The quantitative estimate of drug-likeness (QED) is 0.864. The van der Waals surface area contributed by atoms with Crippen molar-refractivity contribution < 1.29 is 13.2 Å². The van der Waals surface area contributed by atoms with Crippen LogP contribution in [0.25, 0.3) is 11.1 Å². The fraction of sp³-hybridized carbons (Fsp3) is 0.267. The highest BCUT2D eigenvalue weighted by molar-refractivity contribution is 5.63. The molecule has 0 radical (unpaired) electrons. The molecule has 0 aliphatic carbocycles. The number of pyridine rings is 1. The second kappa shape index (κ2) is 6.05. The van der Waals surface area contributed by atoms with Crippen LogP contribution in [-0.2, 0) is 6.54 Å². The maximum Gasteiger partial charge on any atom is 0.195 e. The second-order valence-electron chi connectivity index (χ2n) is 4.84. The molecular formula is C15H15F3N2. The number of hydrogen-bond acceptors (Lipinski definition) is 2. The highest BCUT2D eigenvalue weighted by Crippen LogP contribution is 2.25. The Morgan fingerprint density at radius 1 is 1.10 bits per heavy atom. The van der Waals surface area contributed by atoms with Crippen molar-refractivity contribution in [2.45, 2.75) is 26.4 Å². The van der Waals surface area contributed by atoms with E-state index in [0.717, 1.165) is 11.6 Å². The Kier molecular flexibility index (Phi) is 4.39. The SMILES string of the molecule is CC(C)NCc1cncc(-c2ccc(F)c(F)c2F)c1. The highest BCUT2D eigenvalue weighted by Gasteiger charge is 2.15. The molecule has 2 nitrogen and oxygen atoms in total. The molecule has 0 spiro atoms. The normalized spacial score (nSPS) is 11.1. The maximum absolute atomic E-state index is 13.7. The van der Waals surface area contributed by atoms with Crippen LogP contribution in [0.3, 0.4) is 0 Å². The van der Waals surface area contributed by atoms with Gasteiger partial charge in [-0.05, 0) is 23.8 Å². The zero-order chi connectivity index (χ0) is 14.7. The molecule has 5 heteroatoms. The minimum absolute atomic E-state index is 0.00259. The molecule has 0 atom stereocenters. The minimum atomic E-state index is -1.46. The topological polar surface area (TPSA) is 24.9 Å². The van der Waals surface area contributed by atoms with Crippen LogP contribution in [0.5, 0.6) is 0 Å². The molecule has 0 unspecified atom stereocenters. The number of aromatic nitrogens is 1. The summed E-state index contributed by atoms with van der Waals surface area (Å²) in [7, 11) is 0. The first-order valence-electron chi connectivity index (χ1n) is 6.30. The van der Waals surface area contributed by atoms with E-state index in [4.69, 9.17) is 0 Å². The third-order valence-electron chi connectivity index (χ3n) is 2.86. The lowest BCUT2D eigenvalue weighted by atomic mass is 10.0. The first-order chi connectivity index (χ1) is 9.49. The smallest absolute Gasteiger partial charge is 0.195 e. The van der Waals surface area contributed by atoms with Crippen LogP contribution >= 0.6 is 0 Å². The molecule has 1 aromatic heterocycles. The van der Waals surface area contributed by atoms with Crippen LogP contribution in [0, 0.1) is 17.5 Å². The van der Waals surface area contributed by atoms with E-state index in [1.54, 1.807) is 12.3 Å². The van der Waals surface area contributed by atoms with Crippen molar-refractivity contribution in [3.8, 4) is 11.1 Å². The fourth-order valence-corrected chi connectivity index (χ4v) is 1.80. The molecule has 2 aromatic rings. The summed E-state index contributed by atoms with van der Waals surface area (Å²) in [5.41, 5.74) is 1.27. The van der Waals surface area contributed by atoms with Crippen molar-refractivity contribution in [3.05, 3.63) is 53.6 Å². The lowest BCUT2D eigenvalue weighted by Gasteiger charge is -2.10. The number of nitrogens with zero attached hydrogens (tertiary/aromatic N) is 1. The van der Waals surface area contributed by atoms with Gasteiger partial charge < -0.3 is 5.32 Å². The number of halogens is 3. The van der Waals surface area contributed by atoms with Gasteiger partial charge in [-0.3, -0.25) is 4.98 Å². The summed E-state index contributed by atoms with van der Waals surface area (Å²) in [6.45, 7) is 4.59. The summed E-state index contributed by atoms with van der Waals surface area (Å²) in [6.07, 6.45) is 3.07. The Morgan fingerprint density at radius 3 is 2.55 bits per heavy atom. The monoisotopic (exact) mass is 280 g/mol. The van der Waals surface area contributed by atoms with E-state index in [9.17, 15) is 13.2 Å². The molecule has 0 bridgehead atoms. The van der Waals surface area contributed by atoms with Crippen molar-refractivity contribution >= 4 is 0 Å². The second-order valence-corrected chi connectivity index (χ2v) is 4.84. The molecule has 0 aliphatic heterocycles. The standard InChI is InChI=1S/C15H15F3N2/c1-9(2)20-7-10-5-11(8-19-6-10)12-3-4-13(16)15(18)14(12)17/h3-6,8-9,20H,7H2,1-2H3. The number of benzene rings is 1. The van der Waals surface area contributed by atoms with Gasteiger partial charge >= 0.3 is 0 Å². The molecule has 0 aliphatic rings. The van der Waals surface area contributed by atoms with Gasteiger partial charge in [0, 0.05) is 36.1 Å². The van der Waals surface area contributed by atoms with E-state index in [2.05, 4.69) is 10.3 Å². The van der Waals surface area contributed by atoms with Crippen molar-refractivity contribution in [2.75, 3.05) is 0 Å². The molecule has 0 saturated heterocycles. The third kappa shape index (κ3) is 3.17. The lowest BCUT2D eigenvalue weighted by Crippen LogP contribution is -2.21. The van der Waals surface area contributed by atoms with E-state index >= 15 is 0 Å². The minimum Gasteiger partial charge on any atom is -0.310 e. The zero-order valence-electron chi connectivity index (χ0n) is 11.3. The summed E-state index contributed by atoms with van der Waals surface area (Å²) >= 11 is 0. The molecule has 1 heterocycles. The fourth-order valence-electron chi connectivity index (χ4n) is 1.80. The van der Waals surface area contributed by atoms with Gasteiger partial charge in [-0.1, -0.05) is 13.8 Å². The van der Waals surface area contributed by atoms with E-state index in [-0.39, 0.29) is 5.56 Å². The number of rotatable bonds is 4. The van der Waals surface area contributed by atoms with Crippen molar-refractivity contribution in [1.82, 2.24) is 10.3 Å². The van der Waals surface area contributed by atoms with Crippen molar-refractivity contribution in [3.63, 3.8) is 0 Å². The van der Waals surface area contributed by atoms with Crippen LogP contribution in [0.1, 0.15) is 19.4 Å². The van der Waals surface area contributed by atoms with Gasteiger partial charge in [-0.25, -0.2) is 13.2 Å². The molecule has 0 amide bonds. The molecule has 106 valence electrons. The zero-order valence-corrected chi connectivity index (χ0v) is 11.3. The van der Waals surface area contributed by atoms with Crippen molar-refractivity contribution in [2.24, 2.45) is 0 Å². The predicted molar refractivity (Wildman–Crippen MR) is 71.5 cm³/mol. The van der Waals surface area contributed by atoms with Gasteiger partial charge in [0.25, 0.3) is 0 Å². The van der Waals surface area contributed by atoms with Gasteiger partial charge in [0.15, 0.2) is 17.5 Å². The van der Waals surface area contributed by atoms with Gasteiger partial charge in [0.1, 0.15) is 0 Å². The van der Waals surface area contributed by atoms with Gasteiger partial charge in [0.2, 0.25) is 0 Å². The van der Waals surface area contributed by atoms with Gasteiger partial charge in [-0.2, -0.15) is 0 Å². The summed E-state index contributed by atoms with van der Waals surface area (Å²) in [4.78, 5) is 4.01. The van der Waals surface area contributed by atoms with Gasteiger partial charge in [-0.15, -0.1) is 0 Å². The third-order valence-corrected chi connectivity index (χ3v) is 2.86. The molecule has 2 rings (SSSR count). The van der Waals surface area contributed by atoms with E-state index in [1.807, 2.05) is 13.8 Å². The van der Waals surface area contributed by atoms with E-state index in [1.165, 1.54) is 12.3 Å². The molecule has 0 saturated carbocycles. The Labute approximate surface area is 115 Å². The Bertz CT molecular complexity index is 612. The number of nitrogens with one attached hydrogen (secondary N) is 1. The molecule has 1 N–H and O–H groups in total. The Balaban J connectivity index is 2.34. The van der Waals surface area contributed by atoms with Crippen LogP contribution in [0.4, 0.5) is 13.2 Å². The highest BCUT2D eigenvalue weighted by atomic mass is 19.2. The lowest BCUT2D eigenvalue weighted by molar-refractivity contribution is 0.449. The van der Waals surface area contributed by atoms with Crippen LogP contribution in [0.15, 0.2) is 30.6 Å². The summed E-state index contributed by atoms with van der Waals surface area (Å²) in [5, 5.41) is 3.21. The maximum atomic E-state index is 13.7.